The number of carbonyl (C=O) groups excluding carboxylic acids is 2. The van der Waals surface area contributed by atoms with Gasteiger partial charge in [0.15, 0.2) is 0 Å². The Morgan fingerprint density at radius 2 is 1.67 bits per heavy atom. The highest BCUT2D eigenvalue weighted by molar-refractivity contribution is 7.09. The number of nitrogens with zero attached hydrogens (tertiary/aromatic N) is 1. The van der Waals surface area contributed by atoms with Crippen molar-refractivity contribution in [3.05, 3.63) is 76.1 Å². The minimum Gasteiger partial charge on any atom is -0.352 e. The van der Waals surface area contributed by atoms with Gasteiger partial charge in [-0.1, -0.05) is 63.2 Å². The second-order valence-electron chi connectivity index (χ2n) is 8.10. The first-order chi connectivity index (χ1) is 14.3. The van der Waals surface area contributed by atoms with Crippen molar-refractivity contribution in [3.8, 4) is 11.3 Å². The van der Waals surface area contributed by atoms with E-state index < -0.39 is 0 Å². The van der Waals surface area contributed by atoms with Crippen molar-refractivity contribution in [2.75, 3.05) is 6.54 Å². The summed E-state index contributed by atoms with van der Waals surface area (Å²) in [6.45, 7) is 7.08. The van der Waals surface area contributed by atoms with E-state index in [-0.39, 0.29) is 23.7 Å². The molecule has 2 N–H and O–H groups in total. The molecule has 6 heteroatoms. The smallest absolute Gasteiger partial charge is 0.251 e. The molecule has 156 valence electrons. The Balaban J connectivity index is 1.41. The van der Waals surface area contributed by atoms with Gasteiger partial charge in [-0.05, 0) is 23.1 Å². The molecule has 5 nitrogen and oxygen atoms in total. The Labute approximate surface area is 181 Å². The van der Waals surface area contributed by atoms with Gasteiger partial charge < -0.3 is 10.6 Å². The minimum absolute atomic E-state index is 0.0480. The summed E-state index contributed by atoms with van der Waals surface area (Å²) in [4.78, 5) is 28.9. The molecule has 0 radical (unpaired) electrons. The fourth-order valence-corrected chi connectivity index (χ4v) is 3.65. The van der Waals surface area contributed by atoms with Crippen LogP contribution in [0.4, 0.5) is 0 Å². The lowest BCUT2D eigenvalue weighted by molar-refractivity contribution is -0.121. The molecule has 0 unspecified atom stereocenters. The monoisotopic (exact) mass is 421 g/mol. The summed E-state index contributed by atoms with van der Waals surface area (Å²) in [5.41, 5.74) is 3.79. The summed E-state index contributed by atoms with van der Waals surface area (Å²) >= 11 is 1.52. The Morgan fingerprint density at radius 3 is 2.33 bits per heavy atom. The van der Waals surface area contributed by atoms with Gasteiger partial charge in [0, 0.05) is 29.5 Å². The van der Waals surface area contributed by atoms with Gasteiger partial charge in [0.1, 0.15) is 5.01 Å². The third-order valence-electron chi connectivity index (χ3n) is 4.71. The van der Waals surface area contributed by atoms with E-state index in [2.05, 4.69) is 36.4 Å². The highest BCUT2D eigenvalue weighted by atomic mass is 32.1. The van der Waals surface area contributed by atoms with Crippen LogP contribution >= 0.6 is 11.3 Å². The molecular formula is C24H27N3O2S. The number of nitrogens with one attached hydrogen (secondary N) is 2. The summed E-state index contributed by atoms with van der Waals surface area (Å²) < 4.78 is 0. The number of hydrogen-bond donors (Lipinski definition) is 2. The summed E-state index contributed by atoms with van der Waals surface area (Å²) in [6.07, 6.45) is 0.225. The summed E-state index contributed by atoms with van der Waals surface area (Å²) in [7, 11) is 0. The molecule has 3 aromatic rings. The van der Waals surface area contributed by atoms with Gasteiger partial charge in [0.05, 0.1) is 12.2 Å². The SMILES string of the molecule is CC(C)(C)c1ccc(C(=O)NCCC(=O)NCc2nc(-c3ccccc3)cs2)cc1. The quantitative estimate of drug-likeness (QED) is 0.588. The topological polar surface area (TPSA) is 71.1 Å². The second-order valence-corrected chi connectivity index (χ2v) is 9.05. The van der Waals surface area contributed by atoms with Crippen molar-refractivity contribution in [3.63, 3.8) is 0 Å². The van der Waals surface area contributed by atoms with Crippen molar-refractivity contribution in [1.82, 2.24) is 15.6 Å². The zero-order valence-electron chi connectivity index (χ0n) is 17.6. The van der Waals surface area contributed by atoms with Crippen LogP contribution in [0.15, 0.2) is 60.0 Å². The molecule has 0 atom stereocenters. The van der Waals surface area contributed by atoms with Crippen LogP contribution < -0.4 is 10.6 Å². The van der Waals surface area contributed by atoms with E-state index in [1.165, 1.54) is 16.9 Å². The molecule has 0 fully saturated rings. The van der Waals surface area contributed by atoms with Crippen molar-refractivity contribution >= 4 is 23.2 Å². The highest BCUT2D eigenvalue weighted by Crippen LogP contribution is 2.22. The van der Waals surface area contributed by atoms with Crippen molar-refractivity contribution in [2.45, 2.75) is 39.2 Å². The molecule has 2 amide bonds. The van der Waals surface area contributed by atoms with E-state index in [9.17, 15) is 9.59 Å². The Morgan fingerprint density at radius 1 is 0.967 bits per heavy atom. The van der Waals surface area contributed by atoms with Gasteiger partial charge in [0.25, 0.3) is 5.91 Å². The van der Waals surface area contributed by atoms with Crippen LogP contribution in [0.1, 0.15) is 48.1 Å². The van der Waals surface area contributed by atoms with E-state index in [1.807, 2.05) is 60.0 Å². The molecule has 0 aliphatic heterocycles. The van der Waals surface area contributed by atoms with Gasteiger partial charge in [-0.2, -0.15) is 0 Å². The van der Waals surface area contributed by atoms with Crippen LogP contribution in [-0.4, -0.2) is 23.3 Å². The maximum absolute atomic E-state index is 12.3. The van der Waals surface area contributed by atoms with Crippen molar-refractivity contribution in [1.29, 1.82) is 0 Å². The molecule has 1 aromatic heterocycles. The summed E-state index contributed by atoms with van der Waals surface area (Å²) in [5, 5.41) is 8.50. The van der Waals surface area contributed by atoms with Crippen LogP contribution in [0.3, 0.4) is 0 Å². The van der Waals surface area contributed by atoms with E-state index in [1.54, 1.807) is 0 Å². The van der Waals surface area contributed by atoms with E-state index >= 15 is 0 Å². The minimum atomic E-state index is -0.171. The lowest BCUT2D eigenvalue weighted by atomic mass is 9.87. The zero-order chi connectivity index (χ0) is 21.6. The van der Waals surface area contributed by atoms with E-state index in [0.717, 1.165) is 16.3 Å². The first kappa shape index (κ1) is 21.7. The molecular weight excluding hydrogens is 394 g/mol. The highest BCUT2D eigenvalue weighted by Gasteiger charge is 2.14. The van der Waals surface area contributed by atoms with E-state index in [4.69, 9.17) is 0 Å². The van der Waals surface area contributed by atoms with Crippen LogP contribution in [0, 0.1) is 0 Å². The van der Waals surface area contributed by atoms with Gasteiger partial charge >= 0.3 is 0 Å². The van der Waals surface area contributed by atoms with Crippen molar-refractivity contribution < 1.29 is 9.59 Å². The first-order valence-electron chi connectivity index (χ1n) is 9.98. The first-order valence-corrected chi connectivity index (χ1v) is 10.9. The number of rotatable bonds is 7. The lowest BCUT2D eigenvalue weighted by Gasteiger charge is -2.19. The average Bonchev–Trinajstić information content (AvgIpc) is 3.21. The van der Waals surface area contributed by atoms with Crippen LogP contribution in [-0.2, 0) is 16.8 Å². The Hall–Kier alpha value is -2.99. The molecule has 3 rings (SSSR count). The fourth-order valence-electron chi connectivity index (χ4n) is 2.91. The number of aromatic nitrogens is 1. The summed E-state index contributed by atoms with van der Waals surface area (Å²) in [5.74, 6) is -0.287. The lowest BCUT2D eigenvalue weighted by Crippen LogP contribution is -2.30. The normalized spacial score (nSPS) is 11.2. The van der Waals surface area contributed by atoms with Gasteiger partial charge in [-0.15, -0.1) is 11.3 Å². The molecule has 2 aromatic carbocycles. The number of thiazole rings is 1. The molecule has 0 saturated carbocycles. The van der Waals surface area contributed by atoms with Crippen LogP contribution in [0.5, 0.6) is 0 Å². The molecule has 0 aliphatic rings. The molecule has 0 bridgehead atoms. The molecule has 0 spiro atoms. The van der Waals surface area contributed by atoms with E-state index in [0.29, 0.717) is 18.7 Å². The molecule has 0 saturated heterocycles. The fraction of sp³-hybridized carbons (Fsp3) is 0.292. The maximum atomic E-state index is 12.3. The Kier molecular flexibility index (Phi) is 7.00. The number of carbonyl (C=O) groups is 2. The molecule has 1 heterocycles. The third-order valence-corrected chi connectivity index (χ3v) is 5.56. The van der Waals surface area contributed by atoms with Crippen molar-refractivity contribution in [2.24, 2.45) is 0 Å². The largest absolute Gasteiger partial charge is 0.352 e. The van der Waals surface area contributed by atoms with Gasteiger partial charge in [0.2, 0.25) is 5.91 Å². The molecule has 30 heavy (non-hydrogen) atoms. The maximum Gasteiger partial charge on any atom is 0.251 e. The molecule has 0 aliphatic carbocycles. The third kappa shape index (κ3) is 6.00. The van der Waals surface area contributed by atoms with Crippen LogP contribution in [0.25, 0.3) is 11.3 Å². The number of benzene rings is 2. The Bertz CT molecular complexity index is 989. The predicted octanol–water partition coefficient (Wildman–Crippen LogP) is 4.54. The van der Waals surface area contributed by atoms with Gasteiger partial charge in [-0.3, -0.25) is 9.59 Å². The number of amides is 2. The standard InChI is InChI=1S/C24H27N3O2S/c1-24(2,3)19-11-9-18(10-12-19)23(29)25-14-13-21(28)26-15-22-27-20(16-30-22)17-7-5-4-6-8-17/h4-12,16H,13-15H2,1-3H3,(H,25,29)(H,26,28). The second kappa shape index (κ2) is 9.67. The predicted molar refractivity (Wildman–Crippen MR) is 121 cm³/mol. The summed E-state index contributed by atoms with van der Waals surface area (Å²) in [6, 6.07) is 17.5. The van der Waals surface area contributed by atoms with Crippen LogP contribution in [0.2, 0.25) is 0 Å². The number of hydrogen-bond acceptors (Lipinski definition) is 4. The zero-order valence-corrected chi connectivity index (χ0v) is 18.4. The van der Waals surface area contributed by atoms with Gasteiger partial charge in [-0.25, -0.2) is 4.98 Å². The average molecular weight is 422 g/mol.